The highest BCUT2D eigenvalue weighted by Crippen LogP contribution is 2.08. The molecule has 106 valence electrons. The average Bonchev–Trinajstić information content (AvgIpc) is 2.95. The lowest BCUT2D eigenvalue weighted by Crippen LogP contribution is -2.33. The molecule has 0 aliphatic carbocycles. The zero-order chi connectivity index (χ0) is 14.4. The van der Waals surface area contributed by atoms with Crippen LogP contribution >= 0.6 is 0 Å². The van der Waals surface area contributed by atoms with E-state index in [9.17, 15) is 9.90 Å². The van der Waals surface area contributed by atoms with Crippen LogP contribution in [0, 0.1) is 0 Å². The van der Waals surface area contributed by atoms with Crippen LogP contribution in [0.1, 0.15) is 28.8 Å². The molecule has 1 aromatic carbocycles. The van der Waals surface area contributed by atoms with Gasteiger partial charge in [0.15, 0.2) is 5.76 Å². The predicted molar refractivity (Wildman–Crippen MR) is 76.6 cm³/mol. The lowest BCUT2D eigenvalue weighted by molar-refractivity contribution is 0.0887. The second kappa shape index (κ2) is 6.91. The Balaban J connectivity index is 1.81. The van der Waals surface area contributed by atoms with Gasteiger partial charge in [0, 0.05) is 19.4 Å². The van der Waals surface area contributed by atoms with E-state index < -0.39 is 6.10 Å². The number of nitrogens with one attached hydrogen (secondary N) is 1. The third-order valence-corrected chi connectivity index (χ3v) is 3.05. The van der Waals surface area contributed by atoms with Crippen molar-refractivity contribution in [3.63, 3.8) is 0 Å². The monoisotopic (exact) mass is 273 g/mol. The number of aryl methyl sites for hydroxylation is 1. The summed E-state index contributed by atoms with van der Waals surface area (Å²) in [5, 5.41) is 12.6. The topological polar surface area (TPSA) is 62.5 Å². The summed E-state index contributed by atoms with van der Waals surface area (Å²) in [4.78, 5) is 11.8. The Bertz CT molecular complexity index is 548. The van der Waals surface area contributed by atoms with Crippen molar-refractivity contribution in [2.24, 2.45) is 0 Å². The quantitative estimate of drug-likeness (QED) is 0.848. The normalized spacial score (nSPS) is 12.1. The molecule has 0 bridgehead atoms. The number of benzene rings is 1. The minimum atomic E-state index is -0.609. The first-order valence-corrected chi connectivity index (χ1v) is 6.78. The molecule has 1 aromatic heterocycles. The molecule has 2 N–H and O–H groups in total. The number of furan rings is 1. The maximum atomic E-state index is 11.8. The lowest BCUT2D eigenvalue weighted by atomic mass is 10.1. The van der Waals surface area contributed by atoms with E-state index in [0.29, 0.717) is 6.42 Å². The molecule has 4 nitrogen and oxygen atoms in total. The molecule has 1 atom stereocenters. The minimum absolute atomic E-state index is 0.204. The lowest BCUT2D eigenvalue weighted by Gasteiger charge is -2.11. The maximum Gasteiger partial charge on any atom is 0.287 e. The molecule has 0 aliphatic rings. The third-order valence-electron chi connectivity index (χ3n) is 3.05. The summed E-state index contributed by atoms with van der Waals surface area (Å²) in [6.45, 7) is 2.17. The Labute approximate surface area is 118 Å². The summed E-state index contributed by atoms with van der Waals surface area (Å²) in [5.41, 5.74) is 1.04. The number of aliphatic hydroxyl groups excluding tert-OH is 1. The van der Waals surface area contributed by atoms with Gasteiger partial charge in [0.05, 0.1) is 6.10 Å². The molecular formula is C16H19NO3. The van der Waals surface area contributed by atoms with Crippen molar-refractivity contribution in [1.29, 1.82) is 0 Å². The first-order chi connectivity index (χ1) is 9.69. The van der Waals surface area contributed by atoms with Gasteiger partial charge in [-0.2, -0.15) is 0 Å². The van der Waals surface area contributed by atoms with Crippen molar-refractivity contribution in [1.82, 2.24) is 5.32 Å². The Morgan fingerprint density at radius 1 is 1.25 bits per heavy atom. The first-order valence-electron chi connectivity index (χ1n) is 6.78. The highest BCUT2D eigenvalue weighted by atomic mass is 16.3. The standard InChI is InChI=1S/C16H19NO3/c1-2-14-8-9-15(20-14)16(19)17-11-13(18)10-12-6-4-3-5-7-12/h3-9,13,18H,2,10-11H2,1H3,(H,17,19)/t13-/m0/s1. The van der Waals surface area contributed by atoms with Gasteiger partial charge in [-0.3, -0.25) is 4.79 Å². The summed E-state index contributed by atoms with van der Waals surface area (Å²) in [6, 6.07) is 13.1. The van der Waals surface area contributed by atoms with E-state index in [2.05, 4.69) is 5.32 Å². The second-order valence-corrected chi connectivity index (χ2v) is 4.67. The molecule has 1 amide bonds. The molecule has 4 heteroatoms. The van der Waals surface area contributed by atoms with Crippen LogP contribution in [-0.4, -0.2) is 23.7 Å². The largest absolute Gasteiger partial charge is 0.456 e. The highest BCUT2D eigenvalue weighted by molar-refractivity contribution is 5.91. The van der Waals surface area contributed by atoms with E-state index in [1.807, 2.05) is 37.3 Å². The van der Waals surface area contributed by atoms with Crippen molar-refractivity contribution >= 4 is 5.91 Å². The van der Waals surface area contributed by atoms with E-state index in [0.717, 1.165) is 17.7 Å². The Morgan fingerprint density at radius 2 is 2.00 bits per heavy atom. The molecule has 0 spiro atoms. The Morgan fingerprint density at radius 3 is 2.65 bits per heavy atom. The number of hydrogen-bond donors (Lipinski definition) is 2. The van der Waals surface area contributed by atoms with Gasteiger partial charge in [0.25, 0.3) is 5.91 Å². The number of carbonyl (C=O) groups is 1. The zero-order valence-corrected chi connectivity index (χ0v) is 11.5. The molecule has 0 aliphatic heterocycles. The Kier molecular flexibility index (Phi) is 4.96. The van der Waals surface area contributed by atoms with Gasteiger partial charge in [0.2, 0.25) is 0 Å². The van der Waals surface area contributed by atoms with Crippen LogP contribution in [-0.2, 0) is 12.8 Å². The van der Waals surface area contributed by atoms with Gasteiger partial charge in [-0.15, -0.1) is 0 Å². The predicted octanol–water partition coefficient (Wildman–Crippen LogP) is 2.18. The summed E-state index contributed by atoms with van der Waals surface area (Å²) in [6.07, 6.45) is 0.658. The molecule has 2 aromatic rings. The molecular weight excluding hydrogens is 254 g/mol. The van der Waals surface area contributed by atoms with Crippen molar-refractivity contribution in [2.45, 2.75) is 25.9 Å². The number of amides is 1. The summed E-state index contributed by atoms with van der Waals surface area (Å²) in [7, 11) is 0. The van der Waals surface area contributed by atoms with Gasteiger partial charge >= 0.3 is 0 Å². The van der Waals surface area contributed by atoms with Crippen LogP contribution in [0.4, 0.5) is 0 Å². The molecule has 0 radical (unpaired) electrons. The molecule has 0 saturated carbocycles. The molecule has 0 saturated heterocycles. The van der Waals surface area contributed by atoms with Gasteiger partial charge in [-0.25, -0.2) is 0 Å². The molecule has 0 unspecified atom stereocenters. The minimum Gasteiger partial charge on any atom is -0.456 e. The molecule has 20 heavy (non-hydrogen) atoms. The highest BCUT2D eigenvalue weighted by Gasteiger charge is 2.12. The molecule has 0 fully saturated rings. The van der Waals surface area contributed by atoms with E-state index in [1.54, 1.807) is 12.1 Å². The van der Waals surface area contributed by atoms with Gasteiger partial charge in [-0.1, -0.05) is 37.3 Å². The van der Waals surface area contributed by atoms with Gasteiger partial charge in [0.1, 0.15) is 5.76 Å². The Hall–Kier alpha value is -2.07. The smallest absolute Gasteiger partial charge is 0.287 e. The van der Waals surface area contributed by atoms with Crippen molar-refractivity contribution in [3.05, 3.63) is 59.5 Å². The molecule has 2 rings (SSSR count). The number of rotatable bonds is 6. The van der Waals surface area contributed by atoms with Crippen molar-refractivity contribution < 1.29 is 14.3 Å². The summed E-state index contributed by atoms with van der Waals surface area (Å²) < 4.78 is 5.35. The zero-order valence-electron chi connectivity index (χ0n) is 11.5. The SMILES string of the molecule is CCc1ccc(C(=O)NC[C@@H](O)Cc2ccccc2)o1. The average molecular weight is 273 g/mol. The van der Waals surface area contributed by atoms with E-state index >= 15 is 0 Å². The van der Waals surface area contributed by atoms with E-state index in [4.69, 9.17) is 4.42 Å². The number of aliphatic hydroxyl groups is 1. The van der Waals surface area contributed by atoms with Crippen LogP contribution in [0.2, 0.25) is 0 Å². The second-order valence-electron chi connectivity index (χ2n) is 4.67. The summed E-state index contributed by atoms with van der Waals surface area (Å²) >= 11 is 0. The maximum absolute atomic E-state index is 11.8. The van der Waals surface area contributed by atoms with Crippen LogP contribution in [0.25, 0.3) is 0 Å². The fourth-order valence-electron chi connectivity index (χ4n) is 1.95. The fourth-order valence-corrected chi connectivity index (χ4v) is 1.95. The number of carbonyl (C=O) groups excluding carboxylic acids is 1. The van der Waals surface area contributed by atoms with Gasteiger partial charge < -0.3 is 14.8 Å². The van der Waals surface area contributed by atoms with E-state index in [1.165, 1.54) is 0 Å². The van der Waals surface area contributed by atoms with Crippen LogP contribution in [0.5, 0.6) is 0 Å². The van der Waals surface area contributed by atoms with Crippen LogP contribution in [0.3, 0.4) is 0 Å². The third kappa shape index (κ3) is 3.96. The fraction of sp³-hybridized carbons (Fsp3) is 0.312. The summed E-state index contributed by atoms with van der Waals surface area (Å²) in [5.74, 6) is 0.769. The first kappa shape index (κ1) is 14.3. The number of hydrogen-bond acceptors (Lipinski definition) is 3. The molecule has 1 heterocycles. The van der Waals surface area contributed by atoms with Crippen molar-refractivity contribution in [2.75, 3.05) is 6.54 Å². The van der Waals surface area contributed by atoms with Crippen LogP contribution < -0.4 is 5.32 Å². The van der Waals surface area contributed by atoms with Crippen molar-refractivity contribution in [3.8, 4) is 0 Å². The van der Waals surface area contributed by atoms with E-state index in [-0.39, 0.29) is 18.2 Å². The van der Waals surface area contributed by atoms with Gasteiger partial charge in [-0.05, 0) is 17.7 Å². The van der Waals surface area contributed by atoms with Crippen LogP contribution in [0.15, 0.2) is 46.9 Å².